The Labute approximate surface area is 204 Å². The molecule has 1 unspecified atom stereocenters. The highest BCUT2D eigenvalue weighted by atomic mass is 32.2. The van der Waals surface area contributed by atoms with Crippen molar-refractivity contribution in [3.63, 3.8) is 0 Å². The van der Waals surface area contributed by atoms with Gasteiger partial charge in [-0.3, -0.25) is 0 Å². The van der Waals surface area contributed by atoms with Gasteiger partial charge < -0.3 is 14.4 Å². The number of halogens is 12. The van der Waals surface area contributed by atoms with Crippen molar-refractivity contribution in [2.75, 3.05) is 39.5 Å². The summed E-state index contributed by atoms with van der Waals surface area (Å²) in [6, 6.07) is 0. The Balaban J connectivity index is 5.27. The third-order valence-electron chi connectivity index (χ3n) is 5.50. The van der Waals surface area contributed by atoms with Crippen molar-refractivity contribution in [1.29, 1.82) is 0 Å². The second-order valence-corrected chi connectivity index (χ2v) is 11.0. The molecule has 1 N–H and O–H groups in total. The molecule has 19 heteroatoms. The molecule has 0 radical (unpaired) electrons. The summed E-state index contributed by atoms with van der Waals surface area (Å²) in [5, 5.41) is 10.6. The van der Waals surface area contributed by atoms with Crippen LogP contribution in [0.25, 0.3) is 0 Å². The monoisotopic (exact) mass is 594 g/mol. The second-order valence-electron chi connectivity index (χ2n) is 9.09. The average Bonchev–Trinajstić information content (AvgIpc) is 2.59. The van der Waals surface area contributed by atoms with Crippen LogP contribution in [0, 0.1) is 11.3 Å². The molecule has 0 amide bonds. The van der Waals surface area contributed by atoms with Crippen molar-refractivity contribution >= 4 is 16.0 Å². The number of hydrogen-bond donors (Lipinski definition) is 1. The lowest BCUT2D eigenvalue weighted by Gasteiger charge is -2.40. The predicted molar refractivity (Wildman–Crippen MR) is 102 cm³/mol. The minimum atomic E-state index is -7.14. The third kappa shape index (κ3) is 10.6. The van der Waals surface area contributed by atoms with Crippen LogP contribution in [0.5, 0.6) is 0 Å². The zero-order valence-electron chi connectivity index (χ0n) is 19.5. The zero-order valence-corrected chi connectivity index (χ0v) is 20.3. The predicted octanol–water partition coefficient (Wildman–Crippen LogP) is 3.53. The van der Waals surface area contributed by atoms with E-state index in [0.717, 1.165) is 0 Å². The molecule has 0 aliphatic rings. The first-order chi connectivity index (χ1) is 16.2. The van der Waals surface area contributed by atoms with Crippen molar-refractivity contribution in [1.82, 2.24) is 4.72 Å². The molecule has 37 heavy (non-hydrogen) atoms. The van der Waals surface area contributed by atoms with Gasteiger partial charge in [-0.1, -0.05) is 6.42 Å². The molecule has 0 bridgehead atoms. The van der Waals surface area contributed by atoms with Gasteiger partial charge in [-0.2, -0.15) is 52.7 Å². The van der Waals surface area contributed by atoms with E-state index >= 15 is 0 Å². The van der Waals surface area contributed by atoms with Gasteiger partial charge in [0.15, 0.2) is 0 Å². The molecule has 0 spiro atoms. The van der Waals surface area contributed by atoms with Gasteiger partial charge in [0.2, 0.25) is 10.0 Å². The largest absolute Gasteiger partial charge is 0.544 e. The van der Waals surface area contributed by atoms with Gasteiger partial charge in [-0.05, 0) is 19.3 Å². The van der Waals surface area contributed by atoms with Crippen LogP contribution >= 0.6 is 0 Å². The van der Waals surface area contributed by atoms with E-state index < -0.39 is 83.5 Å². The molecule has 6 nitrogen and oxygen atoms in total. The van der Waals surface area contributed by atoms with E-state index in [1.165, 1.54) is 14.1 Å². The summed E-state index contributed by atoms with van der Waals surface area (Å²) in [6.07, 6.45) is -33.8. The van der Waals surface area contributed by atoms with Crippen LogP contribution in [0.2, 0.25) is 0 Å². The van der Waals surface area contributed by atoms with Crippen molar-refractivity contribution in [3.05, 3.63) is 0 Å². The number of hydrogen-bond acceptors (Lipinski definition) is 4. The maximum absolute atomic E-state index is 13.2. The molecule has 0 saturated heterocycles. The number of alkyl halides is 12. The van der Waals surface area contributed by atoms with Crippen LogP contribution in [0.4, 0.5) is 52.7 Å². The standard InChI is InChI=1S/C18H26F12N2O4S/c1-32(2,11-13(33)34)8-5-7-31-37(35,36)9-4-3-6-12(15(19,20)21)10-14(16(22,23)24,17(25,26)27)18(28,29)30/h12,31H,3-11H2,1-2H3. The summed E-state index contributed by atoms with van der Waals surface area (Å²) in [5.41, 5.74) is -6.64. The van der Waals surface area contributed by atoms with Crippen molar-refractivity contribution in [2.45, 2.75) is 56.8 Å². The average molecular weight is 594 g/mol. The van der Waals surface area contributed by atoms with Gasteiger partial charge in [0.25, 0.3) is 5.41 Å². The number of carbonyl (C=O) groups is 1. The van der Waals surface area contributed by atoms with Crippen LogP contribution in [0.1, 0.15) is 32.1 Å². The molecule has 222 valence electrons. The van der Waals surface area contributed by atoms with Crippen LogP contribution in [0.3, 0.4) is 0 Å². The summed E-state index contributed by atoms with van der Waals surface area (Å²) >= 11 is 0. The van der Waals surface area contributed by atoms with Gasteiger partial charge in [0.1, 0.15) is 6.54 Å². The SMILES string of the molecule is C[N+](C)(CCCNS(=O)(=O)CCCCC(CC(C(F)(F)F)(C(F)(F)F)C(F)(F)F)C(F)(F)F)CC(=O)[O-]. The number of quaternary nitrogens is 1. The Morgan fingerprint density at radius 3 is 1.68 bits per heavy atom. The minimum absolute atomic E-state index is 0.0713. The number of rotatable bonds is 14. The number of nitrogens with zero attached hydrogens (tertiary/aromatic N) is 1. The molecule has 0 aliphatic heterocycles. The van der Waals surface area contributed by atoms with Gasteiger partial charge >= 0.3 is 24.7 Å². The lowest BCUT2D eigenvalue weighted by atomic mass is 9.75. The lowest BCUT2D eigenvalue weighted by Crippen LogP contribution is -2.61. The van der Waals surface area contributed by atoms with E-state index in [4.69, 9.17) is 0 Å². The minimum Gasteiger partial charge on any atom is -0.544 e. The molecule has 0 aromatic heterocycles. The number of likely N-dealkylation sites (N-methyl/N-ethyl adjacent to an activating group) is 1. The Kier molecular flexibility index (Phi) is 11.6. The first-order valence-corrected chi connectivity index (χ1v) is 12.1. The fourth-order valence-electron chi connectivity index (χ4n) is 3.50. The van der Waals surface area contributed by atoms with Crippen LogP contribution in [-0.4, -0.2) is 83.1 Å². The molecule has 0 aliphatic carbocycles. The number of carboxylic acids is 1. The molecule has 0 aromatic rings. The van der Waals surface area contributed by atoms with Crippen molar-refractivity contribution in [3.8, 4) is 0 Å². The Morgan fingerprint density at radius 1 is 0.838 bits per heavy atom. The van der Waals surface area contributed by atoms with E-state index in [1.54, 1.807) is 0 Å². The Bertz CT molecular complexity index is 813. The summed E-state index contributed by atoms with van der Waals surface area (Å²) < 4.78 is 182. The van der Waals surface area contributed by atoms with Crippen molar-refractivity contribution < 1.29 is 75.5 Å². The van der Waals surface area contributed by atoms with E-state index in [-0.39, 0.29) is 30.5 Å². The maximum atomic E-state index is 13.2. The van der Waals surface area contributed by atoms with Gasteiger partial charge in [0, 0.05) is 13.0 Å². The fourth-order valence-corrected chi connectivity index (χ4v) is 4.68. The first kappa shape index (κ1) is 35.5. The second kappa shape index (κ2) is 12.1. The molecular formula is C18H26F12N2O4S. The van der Waals surface area contributed by atoms with Gasteiger partial charge in [-0.25, -0.2) is 13.1 Å². The normalized spacial score (nSPS) is 15.6. The number of nitrogens with one attached hydrogen (secondary N) is 1. The van der Waals surface area contributed by atoms with Gasteiger partial charge in [0.05, 0.1) is 38.3 Å². The van der Waals surface area contributed by atoms with Crippen LogP contribution in [-0.2, 0) is 14.8 Å². The molecule has 0 aromatic carbocycles. The fraction of sp³-hybridized carbons (Fsp3) is 0.944. The summed E-state index contributed by atoms with van der Waals surface area (Å²) in [7, 11) is -1.15. The Morgan fingerprint density at radius 2 is 1.30 bits per heavy atom. The number of carboxylic acid groups (broad SMARTS) is 1. The molecular weight excluding hydrogens is 568 g/mol. The van der Waals surface area contributed by atoms with E-state index in [2.05, 4.69) is 0 Å². The van der Waals surface area contributed by atoms with E-state index in [9.17, 15) is 71.0 Å². The van der Waals surface area contributed by atoms with Gasteiger partial charge in [-0.15, -0.1) is 0 Å². The summed E-state index contributed by atoms with van der Waals surface area (Å²) in [6.45, 7) is -0.442. The highest BCUT2D eigenvalue weighted by molar-refractivity contribution is 7.89. The smallest absolute Gasteiger partial charge is 0.412 e. The zero-order chi connectivity index (χ0) is 29.7. The third-order valence-corrected chi connectivity index (χ3v) is 6.97. The number of aliphatic carboxylic acids is 1. The number of carbonyl (C=O) groups excluding carboxylic acids is 1. The topological polar surface area (TPSA) is 86.3 Å². The van der Waals surface area contributed by atoms with E-state index in [1.807, 2.05) is 4.72 Å². The van der Waals surface area contributed by atoms with E-state index in [0.29, 0.717) is 0 Å². The van der Waals surface area contributed by atoms with Crippen molar-refractivity contribution in [2.24, 2.45) is 11.3 Å². The number of sulfonamides is 1. The molecule has 1 atom stereocenters. The highest BCUT2D eigenvalue weighted by Crippen LogP contribution is 2.63. The summed E-state index contributed by atoms with van der Waals surface area (Å²) in [4.78, 5) is 10.6. The molecule has 0 saturated carbocycles. The highest BCUT2D eigenvalue weighted by Gasteiger charge is 2.84. The summed E-state index contributed by atoms with van der Waals surface area (Å²) in [5.74, 6) is -5.95. The molecule has 0 heterocycles. The number of unbranched alkanes of at least 4 members (excludes halogenated alkanes) is 1. The van der Waals surface area contributed by atoms with Crippen LogP contribution in [0.15, 0.2) is 0 Å². The Hall–Kier alpha value is -1.50. The molecule has 0 rings (SSSR count). The lowest BCUT2D eigenvalue weighted by molar-refractivity contribution is -0.884. The van der Waals surface area contributed by atoms with Crippen LogP contribution < -0.4 is 9.83 Å². The molecule has 0 fully saturated rings. The maximum Gasteiger partial charge on any atom is 0.412 e. The quantitative estimate of drug-likeness (QED) is 0.190. The first-order valence-electron chi connectivity index (χ1n) is 10.4.